The number of aliphatic hydroxyl groups is 1. The van der Waals surface area contributed by atoms with Crippen molar-refractivity contribution in [1.82, 2.24) is 10.3 Å². The zero-order chi connectivity index (χ0) is 19.7. The maximum absolute atomic E-state index is 12.7. The van der Waals surface area contributed by atoms with Gasteiger partial charge in [0.2, 0.25) is 0 Å². The van der Waals surface area contributed by atoms with Crippen molar-refractivity contribution in [3.63, 3.8) is 0 Å². The lowest BCUT2D eigenvalue weighted by atomic mass is 9.79. The molecule has 3 N–H and O–H groups in total. The van der Waals surface area contributed by atoms with Gasteiger partial charge in [-0.15, -0.1) is 0 Å². The molecule has 1 aliphatic rings. The van der Waals surface area contributed by atoms with E-state index in [2.05, 4.69) is 10.3 Å². The Kier molecular flexibility index (Phi) is 4.73. The smallest absolute Gasteiger partial charge is 0.267 e. The number of benzene rings is 2. The van der Waals surface area contributed by atoms with E-state index in [-0.39, 0.29) is 12.5 Å². The molecule has 1 amide bonds. The molecule has 0 bridgehead atoms. The molecule has 1 aliphatic carbocycles. The van der Waals surface area contributed by atoms with Crippen molar-refractivity contribution in [3.05, 3.63) is 59.3 Å². The Balaban J connectivity index is 1.52. The Morgan fingerprint density at radius 1 is 1.14 bits per heavy atom. The number of rotatable bonds is 5. The predicted molar refractivity (Wildman–Crippen MR) is 107 cm³/mol. The third-order valence-corrected chi connectivity index (χ3v) is 5.47. The predicted octanol–water partition coefficient (Wildman–Crippen LogP) is 3.14. The molecule has 6 nitrogen and oxygen atoms in total. The topological polar surface area (TPSA) is 83.6 Å². The number of hydrogen-bond acceptors (Lipinski definition) is 4. The molecule has 2 aromatic carbocycles. The highest BCUT2D eigenvalue weighted by Gasteiger charge is 2.35. The lowest BCUT2D eigenvalue weighted by molar-refractivity contribution is 0.0188. The highest BCUT2D eigenvalue weighted by molar-refractivity contribution is 5.98. The van der Waals surface area contributed by atoms with Crippen LogP contribution >= 0.6 is 0 Å². The number of nitrogens with one attached hydrogen (secondary N) is 2. The number of carbonyl (C=O) groups is 1. The van der Waals surface area contributed by atoms with E-state index in [0.717, 1.165) is 46.4 Å². The van der Waals surface area contributed by atoms with Gasteiger partial charge in [0.25, 0.3) is 5.91 Å². The Hall–Kier alpha value is -2.99. The normalized spacial score (nSPS) is 18.5. The number of amides is 1. The van der Waals surface area contributed by atoms with E-state index in [1.165, 1.54) is 0 Å². The Morgan fingerprint density at radius 3 is 2.68 bits per heavy atom. The van der Waals surface area contributed by atoms with Gasteiger partial charge in [-0.05, 0) is 60.7 Å². The van der Waals surface area contributed by atoms with Crippen LogP contribution in [0.25, 0.3) is 10.9 Å². The first-order valence-corrected chi connectivity index (χ1v) is 9.37. The second-order valence-corrected chi connectivity index (χ2v) is 7.23. The number of fused-ring (bicyclic) bond motifs is 2. The first kappa shape index (κ1) is 18.4. The van der Waals surface area contributed by atoms with Crippen LogP contribution in [0, 0.1) is 0 Å². The Morgan fingerprint density at radius 2 is 1.89 bits per heavy atom. The van der Waals surface area contributed by atoms with Crippen molar-refractivity contribution in [1.29, 1.82) is 0 Å². The van der Waals surface area contributed by atoms with E-state index < -0.39 is 5.60 Å². The third-order valence-electron chi connectivity index (χ3n) is 5.47. The first-order chi connectivity index (χ1) is 13.5. The highest BCUT2D eigenvalue weighted by atomic mass is 16.5. The standard InChI is InChI=1S/C22H24N2O4/c1-27-16-7-8-18-14(10-16)4-3-9-22(18,26)13-23-21(25)20-11-15-5-6-17(28-2)12-19(15)24-20/h5-8,10-12,24,26H,3-4,9,13H2,1-2H3,(H,23,25). The minimum Gasteiger partial charge on any atom is -0.497 e. The van der Waals surface area contributed by atoms with Crippen LogP contribution in [0.5, 0.6) is 11.5 Å². The average molecular weight is 380 g/mol. The highest BCUT2D eigenvalue weighted by Crippen LogP contribution is 2.36. The second kappa shape index (κ2) is 7.20. The maximum Gasteiger partial charge on any atom is 0.267 e. The fourth-order valence-electron chi connectivity index (χ4n) is 3.92. The lowest BCUT2D eigenvalue weighted by Gasteiger charge is -2.34. The van der Waals surface area contributed by atoms with Crippen molar-refractivity contribution < 1.29 is 19.4 Å². The van der Waals surface area contributed by atoms with E-state index in [1.54, 1.807) is 20.3 Å². The average Bonchev–Trinajstić information content (AvgIpc) is 3.15. The van der Waals surface area contributed by atoms with Crippen molar-refractivity contribution in [2.45, 2.75) is 24.9 Å². The van der Waals surface area contributed by atoms with Crippen LogP contribution < -0.4 is 14.8 Å². The minimum atomic E-state index is -1.08. The molecule has 4 rings (SSSR count). The number of hydrogen-bond donors (Lipinski definition) is 3. The molecule has 3 aromatic rings. The van der Waals surface area contributed by atoms with Crippen LogP contribution in [0.4, 0.5) is 0 Å². The van der Waals surface area contributed by atoms with E-state index in [0.29, 0.717) is 12.1 Å². The molecule has 0 spiro atoms. The molecule has 28 heavy (non-hydrogen) atoms. The van der Waals surface area contributed by atoms with Gasteiger partial charge in [0, 0.05) is 17.0 Å². The number of aromatic nitrogens is 1. The van der Waals surface area contributed by atoms with Crippen LogP contribution in [-0.2, 0) is 12.0 Å². The molecule has 146 valence electrons. The lowest BCUT2D eigenvalue weighted by Crippen LogP contribution is -2.43. The van der Waals surface area contributed by atoms with Crippen LogP contribution in [-0.4, -0.2) is 36.8 Å². The molecule has 0 radical (unpaired) electrons. The van der Waals surface area contributed by atoms with Crippen molar-refractivity contribution in [2.24, 2.45) is 0 Å². The molecule has 6 heteroatoms. The summed E-state index contributed by atoms with van der Waals surface area (Å²) >= 11 is 0. The summed E-state index contributed by atoms with van der Waals surface area (Å²) in [5, 5.41) is 15.0. The van der Waals surface area contributed by atoms with Gasteiger partial charge in [0.1, 0.15) is 22.8 Å². The Bertz CT molecular complexity index is 1030. The number of ether oxygens (including phenoxy) is 2. The van der Waals surface area contributed by atoms with Crippen molar-refractivity contribution in [3.8, 4) is 11.5 Å². The maximum atomic E-state index is 12.7. The fourth-order valence-corrected chi connectivity index (χ4v) is 3.92. The van der Waals surface area contributed by atoms with E-state index in [9.17, 15) is 9.90 Å². The number of H-pyrrole nitrogens is 1. The van der Waals surface area contributed by atoms with Crippen LogP contribution in [0.3, 0.4) is 0 Å². The Labute approximate surface area is 163 Å². The summed E-state index contributed by atoms with van der Waals surface area (Å²) in [6.07, 6.45) is 2.36. The molecule has 1 atom stereocenters. The third kappa shape index (κ3) is 3.31. The molecular formula is C22H24N2O4. The molecule has 0 fully saturated rings. The first-order valence-electron chi connectivity index (χ1n) is 9.37. The van der Waals surface area contributed by atoms with Crippen LogP contribution in [0.15, 0.2) is 42.5 Å². The molecule has 0 saturated carbocycles. The summed E-state index contributed by atoms with van der Waals surface area (Å²) in [6.45, 7) is 0.157. The second-order valence-electron chi connectivity index (χ2n) is 7.23. The van der Waals surface area contributed by atoms with Gasteiger partial charge in [-0.3, -0.25) is 4.79 Å². The largest absolute Gasteiger partial charge is 0.497 e. The van der Waals surface area contributed by atoms with Gasteiger partial charge in [-0.2, -0.15) is 0 Å². The number of carbonyl (C=O) groups excluding carboxylic acids is 1. The van der Waals surface area contributed by atoms with Gasteiger partial charge in [-0.25, -0.2) is 0 Å². The van der Waals surface area contributed by atoms with Gasteiger partial charge >= 0.3 is 0 Å². The van der Waals surface area contributed by atoms with Gasteiger partial charge < -0.3 is 24.9 Å². The SMILES string of the molecule is COc1ccc2c(c1)CCCC2(O)CNC(=O)c1cc2ccc(OC)cc2[nH]1. The van der Waals surface area contributed by atoms with Crippen molar-refractivity contribution in [2.75, 3.05) is 20.8 Å². The van der Waals surface area contributed by atoms with E-state index in [4.69, 9.17) is 9.47 Å². The summed E-state index contributed by atoms with van der Waals surface area (Å²) in [5.74, 6) is 1.26. The molecule has 1 aromatic heterocycles. The number of aryl methyl sites for hydroxylation is 1. The van der Waals surface area contributed by atoms with E-state index >= 15 is 0 Å². The zero-order valence-electron chi connectivity index (χ0n) is 16.0. The monoisotopic (exact) mass is 380 g/mol. The fraction of sp³-hybridized carbons (Fsp3) is 0.318. The molecule has 0 aliphatic heterocycles. The number of methoxy groups -OCH3 is 2. The summed E-state index contributed by atoms with van der Waals surface area (Å²) in [6, 6.07) is 13.1. The zero-order valence-corrected chi connectivity index (χ0v) is 16.0. The van der Waals surface area contributed by atoms with Gasteiger partial charge in [-0.1, -0.05) is 6.07 Å². The van der Waals surface area contributed by atoms with Crippen LogP contribution in [0.1, 0.15) is 34.5 Å². The van der Waals surface area contributed by atoms with Crippen molar-refractivity contribution >= 4 is 16.8 Å². The van der Waals surface area contributed by atoms with Gasteiger partial charge in [0.15, 0.2) is 0 Å². The van der Waals surface area contributed by atoms with Crippen LogP contribution in [0.2, 0.25) is 0 Å². The molecule has 1 unspecified atom stereocenters. The quantitative estimate of drug-likeness (QED) is 0.635. The number of aromatic amines is 1. The minimum absolute atomic E-state index is 0.157. The summed E-state index contributed by atoms with van der Waals surface area (Å²) in [7, 11) is 3.24. The molecular weight excluding hydrogens is 356 g/mol. The molecule has 0 saturated heterocycles. The van der Waals surface area contributed by atoms with Gasteiger partial charge in [0.05, 0.1) is 20.8 Å². The van der Waals surface area contributed by atoms with E-state index in [1.807, 2.05) is 36.4 Å². The summed E-state index contributed by atoms with van der Waals surface area (Å²) in [5.41, 5.74) is 2.14. The summed E-state index contributed by atoms with van der Waals surface area (Å²) < 4.78 is 10.5. The molecule has 1 heterocycles. The summed E-state index contributed by atoms with van der Waals surface area (Å²) in [4.78, 5) is 15.8.